The topological polar surface area (TPSA) is 95.7 Å². The fraction of sp³-hybridized carbons (Fsp3) is 0.0870. The Morgan fingerprint density at radius 3 is 2.47 bits per heavy atom. The zero-order valence-corrected chi connectivity index (χ0v) is 18.5. The summed E-state index contributed by atoms with van der Waals surface area (Å²) < 4.78 is 68.7. The third kappa shape index (κ3) is 5.08. The second-order valence-electron chi connectivity index (χ2n) is 7.53. The molecular weight excluding hydrogens is 511 g/mol. The number of nitrogens with one attached hydrogen (secondary N) is 2. The molecule has 36 heavy (non-hydrogen) atoms. The quantitative estimate of drug-likeness (QED) is 0.284. The van der Waals surface area contributed by atoms with Gasteiger partial charge in [0.1, 0.15) is 17.3 Å². The lowest BCUT2D eigenvalue weighted by atomic mass is 9.97. The van der Waals surface area contributed by atoms with Crippen LogP contribution in [0.1, 0.15) is 33.1 Å². The Labute approximate surface area is 204 Å². The Morgan fingerprint density at radius 1 is 1.03 bits per heavy atom. The Kier molecular flexibility index (Phi) is 6.55. The van der Waals surface area contributed by atoms with Crippen molar-refractivity contribution >= 4 is 34.9 Å². The van der Waals surface area contributed by atoms with Crippen molar-refractivity contribution in [3.8, 4) is 0 Å². The van der Waals surface area contributed by atoms with Crippen LogP contribution >= 0.6 is 11.6 Å². The molecule has 4 aromatic rings. The van der Waals surface area contributed by atoms with Crippen LogP contribution in [0.25, 0.3) is 5.65 Å². The first kappa shape index (κ1) is 24.9. The molecule has 0 aliphatic carbocycles. The van der Waals surface area contributed by atoms with Crippen molar-refractivity contribution in [2.24, 2.45) is 0 Å². The van der Waals surface area contributed by atoms with E-state index in [-0.39, 0.29) is 33.6 Å². The van der Waals surface area contributed by atoms with Gasteiger partial charge in [-0.3, -0.25) is 4.79 Å². The monoisotopic (exact) mass is 524 g/mol. The number of halogens is 6. The number of carbonyl (C=O) groups is 2. The molecular formula is C23H14ClF5N4O3. The highest BCUT2D eigenvalue weighted by molar-refractivity contribution is 6.31. The van der Waals surface area contributed by atoms with Crippen molar-refractivity contribution in [3.63, 3.8) is 0 Å². The van der Waals surface area contributed by atoms with Crippen LogP contribution in [-0.2, 0) is 6.18 Å². The molecule has 2 aromatic carbocycles. The number of pyridine rings is 1. The number of imidazole rings is 1. The van der Waals surface area contributed by atoms with Gasteiger partial charge in [-0.05, 0) is 42.5 Å². The van der Waals surface area contributed by atoms with Gasteiger partial charge >= 0.3 is 12.3 Å². The summed E-state index contributed by atoms with van der Waals surface area (Å²) in [6.07, 6.45) is -2.10. The zero-order chi connectivity index (χ0) is 26.2. The molecule has 0 saturated carbocycles. The van der Waals surface area contributed by atoms with Crippen LogP contribution in [0.2, 0.25) is 5.02 Å². The molecule has 2 heterocycles. The van der Waals surface area contributed by atoms with Crippen LogP contribution in [0.4, 0.5) is 32.4 Å². The van der Waals surface area contributed by atoms with E-state index < -0.39 is 47.0 Å². The molecule has 1 atom stereocenters. The molecule has 186 valence electrons. The molecule has 0 radical (unpaired) electrons. The number of alkyl halides is 3. The van der Waals surface area contributed by atoms with Crippen LogP contribution in [0.3, 0.4) is 0 Å². The van der Waals surface area contributed by atoms with Crippen molar-refractivity contribution in [2.75, 3.05) is 5.32 Å². The largest absolute Gasteiger partial charge is 0.465 e. The first-order valence-electron chi connectivity index (χ1n) is 10.0. The van der Waals surface area contributed by atoms with Gasteiger partial charge in [0.25, 0.3) is 5.91 Å². The van der Waals surface area contributed by atoms with Crippen molar-refractivity contribution in [3.05, 3.63) is 100.0 Å². The van der Waals surface area contributed by atoms with Crippen molar-refractivity contribution in [2.45, 2.75) is 12.2 Å². The van der Waals surface area contributed by atoms with Crippen molar-refractivity contribution in [1.82, 2.24) is 14.7 Å². The maximum atomic E-state index is 14.1. The molecule has 0 fully saturated rings. The van der Waals surface area contributed by atoms with Crippen molar-refractivity contribution in [1.29, 1.82) is 0 Å². The fourth-order valence-corrected chi connectivity index (χ4v) is 3.87. The van der Waals surface area contributed by atoms with Gasteiger partial charge in [0.2, 0.25) is 0 Å². The smallest absolute Gasteiger partial charge is 0.416 e. The van der Waals surface area contributed by atoms with Crippen LogP contribution in [0.5, 0.6) is 0 Å². The van der Waals surface area contributed by atoms with Gasteiger partial charge in [-0.2, -0.15) is 13.2 Å². The predicted molar refractivity (Wildman–Crippen MR) is 119 cm³/mol. The SMILES string of the molecule is O=C(O)NC(c1cc(F)ccc1Cl)c1c(NC(=O)c2cc(F)cc(C(F)(F)F)c2)ccn2ccnc12. The van der Waals surface area contributed by atoms with Crippen LogP contribution < -0.4 is 10.6 Å². The summed E-state index contributed by atoms with van der Waals surface area (Å²) in [4.78, 5) is 28.7. The van der Waals surface area contributed by atoms with Crippen LogP contribution in [-0.4, -0.2) is 26.5 Å². The summed E-state index contributed by atoms with van der Waals surface area (Å²) in [6.45, 7) is 0. The Morgan fingerprint density at radius 2 is 1.78 bits per heavy atom. The lowest BCUT2D eigenvalue weighted by Crippen LogP contribution is -2.29. The number of rotatable bonds is 5. The molecule has 0 saturated heterocycles. The second-order valence-corrected chi connectivity index (χ2v) is 7.94. The molecule has 1 unspecified atom stereocenters. The van der Waals surface area contributed by atoms with E-state index in [0.717, 1.165) is 12.1 Å². The van der Waals surface area contributed by atoms with E-state index in [1.165, 1.54) is 35.1 Å². The average molecular weight is 525 g/mol. The third-order valence-corrected chi connectivity index (χ3v) is 5.51. The van der Waals surface area contributed by atoms with E-state index in [9.17, 15) is 36.6 Å². The molecule has 3 N–H and O–H groups in total. The average Bonchev–Trinajstić information content (AvgIpc) is 3.27. The lowest BCUT2D eigenvalue weighted by Gasteiger charge is -2.23. The standard InChI is InChI=1S/C23H14ClF5N4O3/c24-16-2-1-13(25)10-15(16)19(32-22(35)36)18-17(3-5-33-6-4-30-20(18)33)31-21(34)11-7-12(23(27,28)29)9-14(26)8-11/h1-10,19,32H,(H,31,34)(H,35,36). The predicted octanol–water partition coefficient (Wildman–Crippen LogP) is 5.89. The molecule has 2 aromatic heterocycles. The maximum absolute atomic E-state index is 14.1. The first-order valence-corrected chi connectivity index (χ1v) is 10.4. The van der Waals surface area contributed by atoms with E-state index in [1.54, 1.807) is 0 Å². The summed E-state index contributed by atoms with van der Waals surface area (Å²) in [5.41, 5.74) is -1.97. The molecule has 0 aliphatic heterocycles. The molecule has 0 spiro atoms. The number of fused-ring (bicyclic) bond motifs is 1. The number of anilines is 1. The van der Waals surface area contributed by atoms with Gasteiger partial charge in [0, 0.05) is 40.3 Å². The first-order chi connectivity index (χ1) is 16.9. The maximum Gasteiger partial charge on any atom is 0.416 e. The lowest BCUT2D eigenvalue weighted by molar-refractivity contribution is -0.137. The number of hydrogen-bond donors (Lipinski definition) is 3. The fourth-order valence-electron chi connectivity index (χ4n) is 3.64. The summed E-state index contributed by atoms with van der Waals surface area (Å²) >= 11 is 6.22. The number of amides is 2. The van der Waals surface area contributed by atoms with E-state index in [1.807, 2.05) is 0 Å². The number of nitrogens with zero attached hydrogens (tertiary/aromatic N) is 2. The molecule has 2 amide bonds. The Bertz CT molecular complexity index is 1490. The van der Waals surface area contributed by atoms with E-state index in [0.29, 0.717) is 12.1 Å². The summed E-state index contributed by atoms with van der Waals surface area (Å²) in [7, 11) is 0. The van der Waals surface area contributed by atoms with Gasteiger partial charge in [-0.25, -0.2) is 18.6 Å². The number of carboxylic acid groups (broad SMARTS) is 1. The van der Waals surface area contributed by atoms with Gasteiger partial charge in [-0.1, -0.05) is 11.6 Å². The van der Waals surface area contributed by atoms with Gasteiger partial charge in [0.15, 0.2) is 0 Å². The van der Waals surface area contributed by atoms with E-state index in [4.69, 9.17) is 11.6 Å². The molecule has 4 rings (SSSR count). The van der Waals surface area contributed by atoms with E-state index >= 15 is 0 Å². The minimum Gasteiger partial charge on any atom is -0.465 e. The normalized spacial score (nSPS) is 12.4. The molecule has 0 aliphatic rings. The Hall–Kier alpha value is -4.19. The summed E-state index contributed by atoms with van der Waals surface area (Å²) in [6, 6.07) is 4.56. The molecule has 7 nitrogen and oxygen atoms in total. The van der Waals surface area contributed by atoms with Gasteiger partial charge < -0.3 is 20.1 Å². The van der Waals surface area contributed by atoms with Crippen LogP contribution in [0, 0.1) is 11.6 Å². The van der Waals surface area contributed by atoms with Crippen LogP contribution in [0.15, 0.2) is 61.1 Å². The van der Waals surface area contributed by atoms with Gasteiger partial charge in [-0.15, -0.1) is 0 Å². The highest BCUT2D eigenvalue weighted by atomic mass is 35.5. The summed E-state index contributed by atoms with van der Waals surface area (Å²) in [5, 5.41) is 14.0. The molecule has 13 heteroatoms. The minimum atomic E-state index is -4.90. The zero-order valence-electron chi connectivity index (χ0n) is 17.8. The Balaban J connectivity index is 1.86. The number of aromatic nitrogens is 2. The molecule has 0 bridgehead atoms. The van der Waals surface area contributed by atoms with Gasteiger partial charge in [0.05, 0.1) is 17.3 Å². The summed E-state index contributed by atoms with van der Waals surface area (Å²) in [5.74, 6) is -3.13. The second kappa shape index (κ2) is 9.46. The third-order valence-electron chi connectivity index (χ3n) is 5.16. The van der Waals surface area contributed by atoms with Crippen molar-refractivity contribution < 1.29 is 36.6 Å². The highest BCUT2D eigenvalue weighted by Gasteiger charge is 2.32. The highest BCUT2D eigenvalue weighted by Crippen LogP contribution is 2.36. The number of carbonyl (C=O) groups excluding carboxylic acids is 1. The minimum absolute atomic E-state index is 0.0122. The van der Waals surface area contributed by atoms with E-state index in [2.05, 4.69) is 15.6 Å². The number of hydrogen-bond acceptors (Lipinski definition) is 3. The number of benzene rings is 2.